The molecule has 1 aromatic heterocycles. The van der Waals surface area contributed by atoms with Gasteiger partial charge in [-0.3, -0.25) is 4.79 Å². The summed E-state index contributed by atoms with van der Waals surface area (Å²) in [4.78, 5) is 12.0. The summed E-state index contributed by atoms with van der Waals surface area (Å²) < 4.78 is 11.5. The van der Waals surface area contributed by atoms with Crippen LogP contribution in [-0.2, 0) is 4.79 Å². The highest BCUT2D eigenvalue weighted by molar-refractivity contribution is 5.85. The number of rotatable bonds is 8. The third-order valence-corrected chi connectivity index (χ3v) is 4.05. The van der Waals surface area contributed by atoms with Crippen molar-refractivity contribution in [2.75, 3.05) is 19.7 Å². The van der Waals surface area contributed by atoms with Crippen LogP contribution >= 0.6 is 12.4 Å². The molecule has 1 atom stereocenters. The molecule has 0 spiro atoms. The Morgan fingerprint density at radius 3 is 2.92 bits per heavy atom. The maximum Gasteiger partial charge on any atom is 0.234 e. The largest absolute Gasteiger partial charge is 0.490 e. The molecule has 1 saturated carbocycles. The van der Waals surface area contributed by atoms with Crippen molar-refractivity contribution in [1.82, 2.24) is 10.6 Å². The maximum absolute atomic E-state index is 12.0. The van der Waals surface area contributed by atoms with Crippen LogP contribution < -0.4 is 15.4 Å². The van der Waals surface area contributed by atoms with Crippen LogP contribution in [0.15, 0.2) is 28.7 Å². The van der Waals surface area contributed by atoms with Gasteiger partial charge in [0.25, 0.3) is 0 Å². The highest BCUT2D eigenvalue weighted by atomic mass is 35.5. The molecular weight excluding hydrogens is 328 g/mol. The van der Waals surface area contributed by atoms with Gasteiger partial charge in [0.05, 0.1) is 19.2 Å². The lowest BCUT2D eigenvalue weighted by molar-refractivity contribution is -0.121. The van der Waals surface area contributed by atoms with Gasteiger partial charge in [0.15, 0.2) is 11.3 Å². The zero-order valence-electron chi connectivity index (χ0n) is 14.1. The van der Waals surface area contributed by atoms with E-state index >= 15 is 0 Å². The van der Waals surface area contributed by atoms with Gasteiger partial charge in [-0.1, -0.05) is 12.1 Å². The van der Waals surface area contributed by atoms with Gasteiger partial charge in [0.2, 0.25) is 5.91 Å². The van der Waals surface area contributed by atoms with Crippen molar-refractivity contribution in [1.29, 1.82) is 0 Å². The van der Waals surface area contributed by atoms with Gasteiger partial charge in [-0.15, -0.1) is 12.4 Å². The van der Waals surface area contributed by atoms with E-state index in [0.29, 0.717) is 13.2 Å². The lowest BCUT2D eigenvalue weighted by atomic mass is 10.2. The van der Waals surface area contributed by atoms with Crippen molar-refractivity contribution < 1.29 is 13.9 Å². The Labute approximate surface area is 148 Å². The normalized spacial score (nSPS) is 14.9. The second-order valence-electron chi connectivity index (χ2n) is 6.12. The van der Waals surface area contributed by atoms with E-state index < -0.39 is 0 Å². The van der Waals surface area contributed by atoms with Crippen molar-refractivity contribution >= 4 is 29.3 Å². The number of halogens is 1. The first kappa shape index (κ1) is 18.6. The molecule has 24 heavy (non-hydrogen) atoms. The molecule has 1 unspecified atom stereocenters. The van der Waals surface area contributed by atoms with Crippen molar-refractivity contribution in [3.8, 4) is 5.75 Å². The van der Waals surface area contributed by atoms with E-state index in [-0.39, 0.29) is 24.4 Å². The van der Waals surface area contributed by atoms with Crippen molar-refractivity contribution in [2.24, 2.45) is 5.92 Å². The summed E-state index contributed by atoms with van der Waals surface area (Å²) in [6.45, 7) is 5.75. The lowest BCUT2D eigenvalue weighted by Crippen LogP contribution is -2.36. The topological polar surface area (TPSA) is 63.5 Å². The van der Waals surface area contributed by atoms with Crippen LogP contribution in [0.25, 0.3) is 11.0 Å². The van der Waals surface area contributed by atoms with E-state index in [1.54, 1.807) is 0 Å². The predicted molar refractivity (Wildman–Crippen MR) is 96.8 cm³/mol. The monoisotopic (exact) mass is 352 g/mol. The van der Waals surface area contributed by atoms with Gasteiger partial charge >= 0.3 is 0 Å². The number of hydrogen-bond donors (Lipinski definition) is 2. The molecule has 1 amide bonds. The van der Waals surface area contributed by atoms with Crippen LogP contribution in [0.1, 0.15) is 38.5 Å². The highest BCUT2D eigenvalue weighted by Gasteiger charge is 2.21. The van der Waals surface area contributed by atoms with Crippen molar-refractivity contribution in [3.05, 3.63) is 30.0 Å². The van der Waals surface area contributed by atoms with Crippen LogP contribution in [0.3, 0.4) is 0 Å². The van der Waals surface area contributed by atoms with Crippen LogP contribution in [0.2, 0.25) is 0 Å². The first-order valence-corrected chi connectivity index (χ1v) is 8.32. The molecule has 3 rings (SSSR count). The summed E-state index contributed by atoms with van der Waals surface area (Å²) in [6.07, 6.45) is 2.57. The lowest BCUT2D eigenvalue weighted by Gasteiger charge is -2.11. The fraction of sp³-hybridized carbons (Fsp3) is 0.500. The minimum absolute atomic E-state index is 0. The van der Waals surface area contributed by atoms with Gasteiger partial charge < -0.3 is 19.8 Å². The first-order chi connectivity index (χ1) is 11.2. The van der Waals surface area contributed by atoms with E-state index in [0.717, 1.165) is 34.9 Å². The average molecular weight is 353 g/mol. The number of para-hydroxylation sites is 1. The number of ether oxygens (including phenoxy) is 1. The Morgan fingerprint density at radius 1 is 1.42 bits per heavy atom. The first-order valence-electron chi connectivity index (χ1n) is 8.32. The Balaban J connectivity index is 0.00000208. The molecule has 0 radical (unpaired) electrons. The molecule has 0 bridgehead atoms. The Bertz CT molecular complexity index is 682. The predicted octanol–water partition coefficient (Wildman–Crippen LogP) is 3.43. The zero-order valence-corrected chi connectivity index (χ0v) is 14.9. The van der Waals surface area contributed by atoms with Crippen LogP contribution in [-0.4, -0.2) is 25.6 Å². The van der Waals surface area contributed by atoms with Gasteiger partial charge in [0.1, 0.15) is 5.76 Å². The van der Waals surface area contributed by atoms with Crippen LogP contribution in [0, 0.1) is 5.92 Å². The molecule has 1 heterocycles. The summed E-state index contributed by atoms with van der Waals surface area (Å²) in [5, 5.41) is 7.15. The number of hydrogen-bond acceptors (Lipinski definition) is 4. The summed E-state index contributed by atoms with van der Waals surface area (Å²) in [7, 11) is 0. The van der Waals surface area contributed by atoms with Crippen molar-refractivity contribution in [3.63, 3.8) is 0 Å². The quantitative estimate of drug-likeness (QED) is 0.764. The van der Waals surface area contributed by atoms with E-state index in [2.05, 4.69) is 10.6 Å². The molecule has 1 aliphatic rings. The van der Waals surface area contributed by atoms with E-state index in [9.17, 15) is 4.79 Å². The van der Waals surface area contributed by atoms with Crippen LogP contribution in [0.5, 0.6) is 5.75 Å². The molecule has 1 aromatic carbocycles. The Kier molecular flexibility index (Phi) is 6.52. The van der Waals surface area contributed by atoms with E-state index in [1.165, 1.54) is 12.8 Å². The number of furan rings is 1. The molecule has 2 aromatic rings. The number of fused-ring (bicyclic) bond motifs is 1. The Hall–Kier alpha value is -1.72. The van der Waals surface area contributed by atoms with E-state index in [4.69, 9.17) is 9.15 Å². The minimum Gasteiger partial charge on any atom is -0.490 e. The molecule has 2 N–H and O–H groups in total. The standard InChI is InChI=1S/C18H24N2O3.ClH/c1-3-22-15-6-4-5-14-9-16(23-18(14)15)12(2)20-17(21)11-19-10-13-7-8-13;/h4-6,9,12-13,19H,3,7-8,10-11H2,1-2H3,(H,20,21);1H. The fourth-order valence-corrected chi connectivity index (χ4v) is 2.61. The fourth-order valence-electron chi connectivity index (χ4n) is 2.61. The second-order valence-corrected chi connectivity index (χ2v) is 6.12. The zero-order chi connectivity index (χ0) is 16.2. The number of benzene rings is 1. The average Bonchev–Trinajstić information content (AvgIpc) is 3.23. The van der Waals surface area contributed by atoms with Gasteiger partial charge in [0, 0.05) is 5.39 Å². The second kappa shape index (κ2) is 8.40. The SMILES string of the molecule is CCOc1cccc2cc(C(C)NC(=O)CNCC3CC3)oc12.Cl. The summed E-state index contributed by atoms with van der Waals surface area (Å²) in [5.41, 5.74) is 0.734. The molecular formula is C18H25ClN2O3. The third kappa shape index (κ3) is 4.65. The molecule has 1 fully saturated rings. The highest BCUT2D eigenvalue weighted by Crippen LogP contribution is 2.31. The number of carbonyl (C=O) groups is 1. The summed E-state index contributed by atoms with van der Waals surface area (Å²) in [6, 6.07) is 7.60. The van der Waals surface area contributed by atoms with Gasteiger partial charge in [-0.05, 0) is 51.3 Å². The van der Waals surface area contributed by atoms with Gasteiger partial charge in [-0.2, -0.15) is 0 Å². The molecule has 0 saturated heterocycles. The molecule has 6 heteroatoms. The summed E-state index contributed by atoms with van der Waals surface area (Å²) in [5.74, 6) is 2.24. The number of carbonyl (C=O) groups excluding carboxylic acids is 1. The third-order valence-electron chi connectivity index (χ3n) is 4.05. The van der Waals surface area contributed by atoms with Gasteiger partial charge in [-0.25, -0.2) is 0 Å². The molecule has 132 valence electrons. The number of nitrogens with one attached hydrogen (secondary N) is 2. The molecule has 1 aliphatic carbocycles. The number of amides is 1. The van der Waals surface area contributed by atoms with Crippen LogP contribution in [0.4, 0.5) is 0 Å². The van der Waals surface area contributed by atoms with Crippen molar-refractivity contribution in [2.45, 2.75) is 32.7 Å². The van der Waals surface area contributed by atoms with E-state index in [1.807, 2.05) is 38.1 Å². The minimum atomic E-state index is -0.174. The molecule has 5 nitrogen and oxygen atoms in total. The Morgan fingerprint density at radius 2 is 2.21 bits per heavy atom. The smallest absolute Gasteiger partial charge is 0.234 e. The summed E-state index contributed by atoms with van der Waals surface area (Å²) >= 11 is 0. The maximum atomic E-state index is 12.0. The molecule has 0 aliphatic heterocycles.